The Morgan fingerprint density at radius 1 is 1.10 bits per heavy atom. The first kappa shape index (κ1) is 20.2. The molecule has 0 atom stereocenters. The Balaban J connectivity index is 1.37. The van der Waals surface area contributed by atoms with Crippen LogP contribution < -0.4 is 5.32 Å². The largest absolute Gasteiger partial charge is 0.337 e. The Morgan fingerprint density at radius 3 is 2.55 bits per heavy atom. The van der Waals surface area contributed by atoms with Crippen molar-refractivity contribution in [2.45, 2.75) is 77.2 Å². The van der Waals surface area contributed by atoms with Gasteiger partial charge in [-0.3, -0.25) is 4.79 Å². The molecule has 1 saturated carbocycles. The summed E-state index contributed by atoms with van der Waals surface area (Å²) >= 11 is 0. The van der Waals surface area contributed by atoms with E-state index in [2.05, 4.69) is 23.2 Å². The number of urea groups is 1. The first-order valence-corrected chi connectivity index (χ1v) is 11.4. The normalized spacial score (nSPS) is 22.3. The third kappa shape index (κ3) is 4.15. The van der Waals surface area contributed by atoms with Crippen LogP contribution in [0.15, 0.2) is 18.2 Å². The lowest BCUT2D eigenvalue weighted by atomic mass is 9.83. The van der Waals surface area contributed by atoms with Crippen LogP contribution >= 0.6 is 0 Å². The van der Waals surface area contributed by atoms with Crippen LogP contribution in [-0.2, 0) is 4.79 Å². The van der Waals surface area contributed by atoms with Gasteiger partial charge in [-0.25, -0.2) is 4.79 Å². The van der Waals surface area contributed by atoms with Crippen molar-refractivity contribution >= 4 is 17.6 Å². The Bertz CT molecular complexity index is 761. The number of piperidine rings is 1. The van der Waals surface area contributed by atoms with Crippen molar-refractivity contribution in [2.75, 3.05) is 25.0 Å². The van der Waals surface area contributed by atoms with Gasteiger partial charge >= 0.3 is 6.03 Å². The van der Waals surface area contributed by atoms with Crippen LogP contribution in [0.4, 0.5) is 10.5 Å². The molecule has 2 heterocycles. The number of carbonyl (C=O) groups is 2. The van der Waals surface area contributed by atoms with Gasteiger partial charge in [0.15, 0.2) is 0 Å². The van der Waals surface area contributed by atoms with E-state index in [4.69, 9.17) is 0 Å². The van der Waals surface area contributed by atoms with Crippen molar-refractivity contribution in [1.29, 1.82) is 0 Å². The Labute approximate surface area is 174 Å². The first-order chi connectivity index (χ1) is 14.0. The van der Waals surface area contributed by atoms with Crippen molar-refractivity contribution in [3.05, 3.63) is 29.3 Å². The van der Waals surface area contributed by atoms with E-state index in [1.54, 1.807) is 0 Å². The molecule has 1 aromatic rings. The van der Waals surface area contributed by atoms with E-state index in [1.165, 1.54) is 37.7 Å². The Kier molecular flexibility index (Phi) is 5.84. The lowest BCUT2D eigenvalue weighted by molar-refractivity contribution is -0.133. The molecule has 1 aromatic carbocycles. The molecule has 2 aliphatic heterocycles. The molecule has 0 bridgehead atoms. The Hall–Kier alpha value is -2.04. The van der Waals surface area contributed by atoms with E-state index in [0.29, 0.717) is 18.2 Å². The van der Waals surface area contributed by atoms with E-state index in [9.17, 15) is 9.59 Å². The number of anilines is 1. The predicted octanol–water partition coefficient (Wildman–Crippen LogP) is 4.87. The molecule has 0 aromatic heterocycles. The van der Waals surface area contributed by atoms with Crippen molar-refractivity contribution in [2.24, 2.45) is 5.92 Å². The van der Waals surface area contributed by atoms with E-state index >= 15 is 0 Å². The standard InChI is InChI=1S/C24H35N3O2/c1-18-7-6-10-21(19(18)2)25-23(29)26-15-13-24(14-16-26)12-11-22(28)27(24)17-20-8-4-3-5-9-20/h6-7,10,20H,3-5,8-9,11-17H2,1-2H3,(H,25,29). The zero-order valence-electron chi connectivity index (χ0n) is 18.0. The van der Waals surface area contributed by atoms with Gasteiger partial charge in [0, 0.05) is 37.3 Å². The summed E-state index contributed by atoms with van der Waals surface area (Å²) < 4.78 is 0. The molecule has 3 fully saturated rings. The Morgan fingerprint density at radius 2 is 1.83 bits per heavy atom. The minimum atomic E-state index is -0.0169. The molecule has 1 aliphatic carbocycles. The number of nitrogens with zero attached hydrogens (tertiary/aromatic N) is 2. The number of carbonyl (C=O) groups excluding carboxylic acids is 2. The summed E-state index contributed by atoms with van der Waals surface area (Å²) in [6.07, 6.45) is 9.97. The molecule has 3 aliphatic rings. The van der Waals surface area contributed by atoms with Crippen LogP contribution in [0.2, 0.25) is 0 Å². The first-order valence-electron chi connectivity index (χ1n) is 11.4. The summed E-state index contributed by atoms with van der Waals surface area (Å²) in [4.78, 5) is 29.7. The molecule has 5 heteroatoms. The fraction of sp³-hybridized carbons (Fsp3) is 0.667. The molecule has 2 saturated heterocycles. The van der Waals surface area contributed by atoms with Gasteiger partial charge in [0.1, 0.15) is 0 Å². The minimum absolute atomic E-state index is 0.00936. The van der Waals surface area contributed by atoms with Gasteiger partial charge in [-0.1, -0.05) is 31.4 Å². The van der Waals surface area contributed by atoms with Crippen LogP contribution in [0.5, 0.6) is 0 Å². The van der Waals surface area contributed by atoms with Gasteiger partial charge in [0.25, 0.3) is 0 Å². The smallest absolute Gasteiger partial charge is 0.321 e. The molecule has 0 unspecified atom stereocenters. The summed E-state index contributed by atoms with van der Waals surface area (Å²) in [6, 6.07) is 5.99. The second-order valence-corrected chi connectivity index (χ2v) is 9.40. The molecular weight excluding hydrogens is 362 g/mol. The quantitative estimate of drug-likeness (QED) is 0.791. The number of hydrogen-bond donors (Lipinski definition) is 1. The van der Waals surface area contributed by atoms with Gasteiger partial charge in [0.2, 0.25) is 5.91 Å². The predicted molar refractivity (Wildman–Crippen MR) is 116 cm³/mol. The average Bonchev–Trinajstić information content (AvgIpc) is 3.02. The van der Waals surface area contributed by atoms with Crippen molar-refractivity contribution in [3.8, 4) is 0 Å². The lowest BCUT2D eigenvalue weighted by Gasteiger charge is -2.46. The number of benzene rings is 1. The second-order valence-electron chi connectivity index (χ2n) is 9.40. The maximum absolute atomic E-state index is 12.8. The van der Waals surface area contributed by atoms with Crippen LogP contribution in [0.25, 0.3) is 0 Å². The summed E-state index contributed by atoms with van der Waals surface area (Å²) in [5.74, 6) is 1.01. The molecular formula is C24H35N3O2. The molecule has 158 valence electrons. The number of likely N-dealkylation sites (tertiary alicyclic amines) is 2. The van der Waals surface area contributed by atoms with Crippen molar-refractivity contribution in [3.63, 3.8) is 0 Å². The monoisotopic (exact) mass is 397 g/mol. The molecule has 5 nitrogen and oxygen atoms in total. The minimum Gasteiger partial charge on any atom is -0.337 e. The topological polar surface area (TPSA) is 52.7 Å². The van der Waals surface area contributed by atoms with Crippen LogP contribution in [0.3, 0.4) is 0 Å². The molecule has 0 radical (unpaired) electrons. The van der Waals surface area contributed by atoms with Gasteiger partial charge in [0.05, 0.1) is 0 Å². The van der Waals surface area contributed by atoms with Crippen molar-refractivity contribution in [1.82, 2.24) is 9.80 Å². The number of amides is 3. The number of aryl methyl sites for hydroxylation is 1. The SMILES string of the molecule is Cc1cccc(NC(=O)N2CCC3(CCC(=O)N3CC3CCCCC3)CC2)c1C. The van der Waals surface area contributed by atoms with Gasteiger partial charge in [-0.05, 0) is 69.1 Å². The fourth-order valence-corrected chi connectivity index (χ4v) is 5.52. The van der Waals surface area contributed by atoms with Crippen LogP contribution in [-0.4, -0.2) is 46.9 Å². The van der Waals surface area contributed by atoms with Crippen molar-refractivity contribution < 1.29 is 9.59 Å². The summed E-state index contributed by atoms with van der Waals surface area (Å²) in [5.41, 5.74) is 3.19. The number of nitrogens with one attached hydrogen (secondary N) is 1. The van der Waals surface area contributed by atoms with Gasteiger partial charge in [-0.15, -0.1) is 0 Å². The van der Waals surface area contributed by atoms with E-state index in [-0.39, 0.29) is 11.6 Å². The highest BCUT2D eigenvalue weighted by atomic mass is 16.2. The van der Waals surface area contributed by atoms with Gasteiger partial charge < -0.3 is 15.1 Å². The lowest BCUT2D eigenvalue weighted by Crippen LogP contribution is -2.55. The molecule has 4 rings (SSSR count). The maximum Gasteiger partial charge on any atom is 0.321 e. The summed E-state index contributed by atoms with van der Waals surface area (Å²) in [5, 5.41) is 3.09. The third-order valence-electron chi connectivity index (χ3n) is 7.67. The number of rotatable bonds is 3. The zero-order chi connectivity index (χ0) is 20.4. The molecule has 29 heavy (non-hydrogen) atoms. The van der Waals surface area contributed by atoms with Crippen LogP contribution in [0.1, 0.15) is 68.9 Å². The van der Waals surface area contributed by atoms with Crippen LogP contribution in [0, 0.1) is 19.8 Å². The fourth-order valence-electron chi connectivity index (χ4n) is 5.52. The maximum atomic E-state index is 12.8. The summed E-state index contributed by atoms with van der Waals surface area (Å²) in [6.45, 7) is 6.50. The molecule has 1 spiro atoms. The summed E-state index contributed by atoms with van der Waals surface area (Å²) in [7, 11) is 0. The highest BCUT2D eigenvalue weighted by molar-refractivity contribution is 5.90. The van der Waals surface area contributed by atoms with Gasteiger partial charge in [-0.2, -0.15) is 0 Å². The highest BCUT2D eigenvalue weighted by Crippen LogP contribution is 2.41. The zero-order valence-corrected chi connectivity index (χ0v) is 18.0. The average molecular weight is 398 g/mol. The van der Waals surface area contributed by atoms with E-state index in [0.717, 1.165) is 50.1 Å². The highest BCUT2D eigenvalue weighted by Gasteiger charge is 2.47. The molecule has 1 N–H and O–H groups in total. The second kappa shape index (κ2) is 8.37. The third-order valence-corrected chi connectivity index (χ3v) is 7.67. The number of hydrogen-bond acceptors (Lipinski definition) is 2. The van der Waals surface area contributed by atoms with E-state index in [1.807, 2.05) is 24.0 Å². The van der Waals surface area contributed by atoms with E-state index < -0.39 is 0 Å². The molecule has 3 amide bonds.